The van der Waals surface area contributed by atoms with Crippen LogP contribution in [0.15, 0.2) is 47.2 Å². The normalized spacial score (nSPS) is 10.6. The molecule has 1 aromatic carbocycles. The fourth-order valence-corrected chi connectivity index (χ4v) is 4.12. The number of unbranched alkanes of at least 4 members (excludes halogenated alkanes) is 1. The highest BCUT2D eigenvalue weighted by Gasteiger charge is 2.11. The molecule has 8 heteroatoms. The van der Waals surface area contributed by atoms with Crippen LogP contribution in [0, 0.1) is 0 Å². The molecule has 0 aliphatic rings. The number of hydrogen-bond donors (Lipinski definition) is 2. The zero-order chi connectivity index (χ0) is 21.2. The number of thiophene rings is 1. The van der Waals surface area contributed by atoms with Crippen molar-refractivity contribution in [1.82, 2.24) is 10.3 Å². The first-order valence-corrected chi connectivity index (χ1v) is 11.6. The number of rotatable bonds is 11. The van der Waals surface area contributed by atoms with Gasteiger partial charge in [-0.25, -0.2) is 4.98 Å². The van der Waals surface area contributed by atoms with Gasteiger partial charge < -0.3 is 15.4 Å². The first-order chi connectivity index (χ1) is 14.6. The minimum atomic E-state index is -0.117. The van der Waals surface area contributed by atoms with Gasteiger partial charge in [0.25, 0.3) is 0 Å². The standard InChI is InChI=1S/C22H25N3O3S2/c1-2-3-9-28-18-7-4-6-16(11-18)14-23-20(26)12-17-15-30-22(24-17)25-21(27)13-19-8-5-10-29-19/h4-8,10-11,15H,2-3,9,12-14H2,1H3,(H,23,26)(H,24,25,27). The van der Waals surface area contributed by atoms with E-state index in [0.29, 0.717) is 30.4 Å². The van der Waals surface area contributed by atoms with Crippen molar-refractivity contribution in [1.29, 1.82) is 0 Å². The van der Waals surface area contributed by atoms with E-state index in [4.69, 9.17) is 4.74 Å². The zero-order valence-corrected chi connectivity index (χ0v) is 18.5. The molecule has 2 amide bonds. The van der Waals surface area contributed by atoms with Gasteiger partial charge in [-0.15, -0.1) is 22.7 Å². The molecule has 0 saturated carbocycles. The Bertz CT molecular complexity index is 954. The number of carbonyl (C=O) groups is 2. The highest BCUT2D eigenvalue weighted by Crippen LogP contribution is 2.18. The fourth-order valence-electron chi connectivity index (χ4n) is 2.69. The van der Waals surface area contributed by atoms with E-state index in [0.717, 1.165) is 29.0 Å². The van der Waals surface area contributed by atoms with Crippen molar-refractivity contribution in [2.75, 3.05) is 11.9 Å². The second kappa shape index (κ2) is 11.5. The topological polar surface area (TPSA) is 80.3 Å². The van der Waals surface area contributed by atoms with Crippen molar-refractivity contribution in [2.24, 2.45) is 0 Å². The number of ether oxygens (including phenoxy) is 1. The Balaban J connectivity index is 1.43. The molecule has 30 heavy (non-hydrogen) atoms. The minimum Gasteiger partial charge on any atom is -0.494 e. The van der Waals surface area contributed by atoms with Crippen LogP contribution in [0.4, 0.5) is 5.13 Å². The maximum Gasteiger partial charge on any atom is 0.231 e. The van der Waals surface area contributed by atoms with Crippen molar-refractivity contribution in [3.63, 3.8) is 0 Å². The average molecular weight is 444 g/mol. The molecule has 158 valence electrons. The molecule has 2 heterocycles. The van der Waals surface area contributed by atoms with Gasteiger partial charge in [-0.3, -0.25) is 9.59 Å². The van der Waals surface area contributed by atoms with Crippen molar-refractivity contribution in [2.45, 2.75) is 39.2 Å². The van der Waals surface area contributed by atoms with Gasteiger partial charge in [-0.1, -0.05) is 31.5 Å². The summed E-state index contributed by atoms with van der Waals surface area (Å²) >= 11 is 2.87. The average Bonchev–Trinajstić information content (AvgIpc) is 3.39. The maximum atomic E-state index is 12.3. The lowest BCUT2D eigenvalue weighted by molar-refractivity contribution is -0.120. The predicted molar refractivity (Wildman–Crippen MR) is 121 cm³/mol. The van der Waals surface area contributed by atoms with Crippen LogP contribution in [-0.4, -0.2) is 23.4 Å². The second-order valence-electron chi connectivity index (χ2n) is 6.75. The van der Waals surface area contributed by atoms with Crippen molar-refractivity contribution >= 4 is 39.6 Å². The Morgan fingerprint density at radius 1 is 1.10 bits per heavy atom. The van der Waals surface area contributed by atoms with Crippen LogP contribution in [0.2, 0.25) is 0 Å². The molecule has 0 aliphatic heterocycles. The molecule has 0 aliphatic carbocycles. The van der Waals surface area contributed by atoms with Gasteiger partial charge in [0.15, 0.2) is 5.13 Å². The van der Waals surface area contributed by atoms with Crippen LogP contribution in [0.25, 0.3) is 0 Å². The Kier molecular flexibility index (Phi) is 8.41. The third kappa shape index (κ3) is 7.27. The Morgan fingerprint density at radius 3 is 2.80 bits per heavy atom. The van der Waals surface area contributed by atoms with E-state index in [1.165, 1.54) is 11.3 Å². The van der Waals surface area contributed by atoms with E-state index < -0.39 is 0 Å². The Labute approximate surface area is 184 Å². The highest BCUT2D eigenvalue weighted by atomic mass is 32.1. The van der Waals surface area contributed by atoms with Gasteiger partial charge in [0.1, 0.15) is 5.75 Å². The van der Waals surface area contributed by atoms with Crippen LogP contribution in [0.3, 0.4) is 0 Å². The molecule has 2 N–H and O–H groups in total. The summed E-state index contributed by atoms with van der Waals surface area (Å²) < 4.78 is 5.70. The highest BCUT2D eigenvalue weighted by molar-refractivity contribution is 7.14. The van der Waals surface area contributed by atoms with Crippen LogP contribution >= 0.6 is 22.7 Å². The number of anilines is 1. The molecular weight excluding hydrogens is 418 g/mol. The molecule has 0 atom stereocenters. The van der Waals surface area contributed by atoms with Gasteiger partial charge in [-0.05, 0) is 35.6 Å². The summed E-state index contributed by atoms with van der Waals surface area (Å²) in [4.78, 5) is 29.7. The predicted octanol–water partition coefficient (Wildman–Crippen LogP) is 4.42. The Hall–Kier alpha value is -2.71. The molecule has 0 spiro atoms. The number of hydrogen-bond acceptors (Lipinski definition) is 6. The summed E-state index contributed by atoms with van der Waals surface area (Å²) in [6, 6.07) is 11.6. The van der Waals surface area contributed by atoms with Gasteiger partial charge in [-0.2, -0.15) is 0 Å². The van der Waals surface area contributed by atoms with Crippen molar-refractivity contribution < 1.29 is 14.3 Å². The number of nitrogens with zero attached hydrogens (tertiary/aromatic N) is 1. The monoisotopic (exact) mass is 443 g/mol. The largest absolute Gasteiger partial charge is 0.494 e. The lowest BCUT2D eigenvalue weighted by atomic mass is 10.2. The minimum absolute atomic E-state index is 0.108. The van der Waals surface area contributed by atoms with Crippen LogP contribution < -0.4 is 15.4 Å². The molecule has 0 saturated heterocycles. The molecule has 0 unspecified atom stereocenters. The lowest BCUT2D eigenvalue weighted by Gasteiger charge is -2.08. The van der Waals surface area contributed by atoms with Gasteiger partial charge in [0, 0.05) is 16.8 Å². The van der Waals surface area contributed by atoms with E-state index in [-0.39, 0.29) is 18.2 Å². The third-order valence-corrected chi connectivity index (χ3v) is 5.89. The van der Waals surface area contributed by atoms with E-state index in [2.05, 4.69) is 22.5 Å². The number of aromatic nitrogens is 1. The first kappa shape index (κ1) is 22.0. The van der Waals surface area contributed by atoms with Crippen LogP contribution in [0.5, 0.6) is 5.75 Å². The smallest absolute Gasteiger partial charge is 0.231 e. The van der Waals surface area contributed by atoms with Crippen molar-refractivity contribution in [3.05, 3.63) is 63.3 Å². The number of thiazole rings is 1. The van der Waals surface area contributed by atoms with E-state index in [1.807, 2.05) is 41.8 Å². The van der Waals surface area contributed by atoms with Gasteiger partial charge in [0.2, 0.25) is 11.8 Å². The fraction of sp³-hybridized carbons (Fsp3) is 0.318. The first-order valence-electron chi connectivity index (χ1n) is 9.87. The SMILES string of the molecule is CCCCOc1cccc(CNC(=O)Cc2csc(NC(=O)Cc3cccs3)n2)c1. The van der Waals surface area contributed by atoms with E-state index in [1.54, 1.807) is 16.7 Å². The zero-order valence-electron chi connectivity index (χ0n) is 16.8. The quantitative estimate of drug-likeness (QED) is 0.430. The number of carbonyl (C=O) groups excluding carboxylic acids is 2. The van der Waals surface area contributed by atoms with E-state index in [9.17, 15) is 9.59 Å². The Morgan fingerprint density at radius 2 is 2.00 bits per heavy atom. The molecule has 3 rings (SSSR count). The third-order valence-electron chi connectivity index (χ3n) is 4.21. The van der Waals surface area contributed by atoms with Crippen LogP contribution in [0.1, 0.15) is 35.9 Å². The summed E-state index contributed by atoms with van der Waals surface area (Å²) in [6.07, 6.45) is 2.61. The van der Waals surface area contributed by atoms with Gasteiger partial charge in [0.05, 0.1) is 25.1 Å². The number of benzene rings is 1. The van der Waals surface area contributed by atoms with Gasteiger partial charge >= 0.3 is 0 Å². The summed E-state index contributed by atoms with van der Waals surface area (Å²) in [5.41, 5.74) is 1.62. The van der Waals surface area contributed by atoms with Crippen molar-refractivity contribution in [3.8, 4) is 5.75 Å². The molecule has 6 nitrogen and oxygen atoms in total. The number of nitrogens with one attached hydrogen (secondary N) is 2. The molecule has 0 radical (unpaired) electrons. The lowest BCUT2D eigenvalue weighted by Crippen LogP contribution is -2.24. The molecule has 2 aromatic heterocycles. The summed E-state index contributed by atoms with van der Waals surface area (Å²) in [5, 5.41) is 9.94. The molecule has 3 aromatic rings. The maximum absolute atomic E-state index is 12.3. The molecule has 0 fully saturated rings. The van der Waals surface area contributed by atoms with Crippen LogP contribution in [-0.2, 0) is 29.0 Å². The van der Waals surface area contributed by atoms with E-state index >= 15 is 0 Å². The summed E-state index contributed by atoms with van der Waals surface area (Å²) in [6.45, 7) is 3.25. The summed E-state index contributed by atoms with van der Waals surface area (Å²) in [5.74, 6) is 0.593. The molecule has 0 bridgehead atoms. The summed E-state index contributed by atoms with van der Waals surface area (Å²) in [7, 11) is 0. The second-order valence-corrected chi connectivity index (χ2v) is 8.64. The molecular formula is C22H25N3O3S2. The number of amides is 2.